The number of ether oxygens (including phenoxy) is 2. The van der Waals surface area contributed by atoms with E-state index >= 15 is 0 Å². The van der Waals surface area contributed by atoms with Crippen LogP contribution in [0.3, 0.4) is 0 Å². The third kappa shape index (κ3) is 12.8. The largest absolute Gasteiger partial charge is 0.381 e. The van der Waals surface area contributed by atoms with Crippen LogP contribution in [0.4, 0.5) is 4.79 Å². The molecule has 3 fully saturated rings. The zero-order valence-electron chi connectivity index (χ0n) is 33.9. The predicted octanol–water partition coefficient (Wildman–Crippen LogP) is 2.63. The van der Waals surface area contributed by atoms with Crippen LogP contribution in [0.1, 0.15) is 118 Å². The van der Waals surface area contributed by atoms with Gasteiger partial charge in [0.15, 0.2) is 5.78 Å². The topological polar surface area (TPSA) is 216 Å². The highest BCUT2D eigenvalue weighted by Crippen LogP contribution is 2.31. The monoisotopic (exact) mass is 767 g/mol. The second kappa shape index (κ2) is 21.4. The number of nitrogens with two attached hydrogens (primary N) is 3. The van der Waals surface area contributed by atoms with Gasteiger partial charge in [-0.05, 0) is 89.9 Å². The minimum Gasteiger partial charge on any atom is -0.381 e. The van der Waals surface area contributed by atoms with Gasteiger partial charge in [0.1, 0.15) is 0 Å². The number of carbonyl (C=O) groups excluding carboxylic acids is 5. The third-order valence-electron chi connectivity index (χ3n) is 11.9. The number of hydrazine groups is 2. The molecule has 5 unspecified atom stereocenters. The Bertz CT molecular complexity index is 1250. The van der Waals surface area contributed by atoms with Crippen LogP contribution in [-0.2, 0) is 33.5 Å². The molecule has 0 spiro atoms. The average molecular weight is 767 g/mol. The van der Waals surface area contributed by atoms with Gasteiger partial charge in [0.25, 0.3) is 0 Å². The van der Waals surface area contributed by atoms with Crippen molar-refractivity contribution in [3.8, 4) is 0 Å². The molecule has 3 aliphatic rings. The second-order valence-corrected chi connectivity index (χ2v) is 16.7. The van der Waals surface area contributed by atoms with Gasteiger partial charge in [-0.3, -0.25) is 29.2 Å². The summed E-state index contributed by atoms with van der Waals surface area (Å²) in [6, 6.07) is -0.528. The van der Waals surface area contributed by atoms with Crippen molar-refractivity contribution >= 4 is 29.6 Å². The van der Waals surface area contributed by atoms with Gasteiger partial charge in [0, 0.05) is 33.4 Å². The first-order valence-corrected chi connectivity index (χ1v) is 20.0. The number of hydrogen-bond acceptors (Lipinski definition) is 12. The highest BCUT2D eigenvalue weighted by atomic mass is 16.7. The molecule has 7 N–H and O–H groups in total. The number of Topliss-reactive ketones (excluding diaryl/α,β-unsaturated/α-hetero) is 1. The lowest BCUT2D eigenvalue weighted by Gasteiger charge is -2.41. The molecule has 0 aliphatic heterocycles. The van der Waals surface area contributed by atoms with Crippen LogP contribution in [0.15, 0.2) is 0 Å². The highest BCUT2D eigenvalue weighted by molar-refractivity contribution is 5.93. The fourth-order valence-corrected chi connectivity index (χ4v) is 8.22. The van der Waals surface area contributed by atoms with Crippen molar-refractivity contribution in [3.05, 3.63) is 0 Å². The number of nitrogens with one attached hydrogen (secondary N) is 1. The van der Waals surface area contributed by atoms with Crippen molar-refractivity contribution in [1.29, 1.82) is 0 Å². The summed E-state index contributed by atoms with van der Waals surface area (Å²) in [6.45, 7) is 9.61. The SMILES string of the molecule is COC1CCC(OC)C(C(=O)N(CCC(=O)ON)CC(=O)N(CCC(C)C)CC(=O)C(C)(C)NC2CCC(N(N)C(=O)N(N)C3CCCCC3C)CC2)C1. The fraction of sp³-hybridized carbons (Fsp3) is 0.868. The summed E-state index contributed by atoms with van der Waals surface area (Å²) in [5, 5.41) is 6.13. The Morgan fingerprint density at radius 3 is 2.09 bits per heavy atom. The molecule has 0 radical (unpaired) electrons. The molecule has 0 saturated heterocycles. The summed E-state index contributed by atoms with van der Waals surface area (Å²) in [5.74, 6) is 16.1. The minimum absolute atomic E-state index is 0.00595. The van der Waals surface area contributed by atoms with Crippen molar-refractivity contribution in [1.82, 2.24) is 25.1 Å². The maximum absolute atomic E-state index is 14.0. The smallest absolute Gasteiger partial charge is 0.348 e. The lowest BCUT2D eigenvalue weighted by Crippen LogP contribution is -2.60. The van der Waals surface area contributed by atoms with Crippen LogP contribution in [0, 0.1) is 17.8 Å². The summed E-state index contributed by atoms with van der Waals surface area (Å²) in [4.78, 5) is 74.4. The van der Waals surface area contributed by atoms with E-state index in [-0.39, 0.29) is 80.0 Å². The summed E-state index contributed by atoms with van der Waals surface area (Å²) in [5.41, 5.74) is -0.972. The molecule has 0 aromatic heterocycles. The molecule has 0 bridgehead atoms. The van der Waals surface area contributed by atoms with E-state index in [2.05, 4.69) is 17.1 Å². The van der Waals surface area contributed by atoms with E-state index in [0.717, 1.165) is 32.1 Å². The van der Waals surface area contributed by atoms with E-state index in [0.29, 0.717) is 57.4 Å². The fourth-order valence-electron chi connectivity index (χ4n) is 8.22. The quantitative estimate of drug-likeness (QED) is 0.0900. The van der Waals surface area contributed by atoms with Gasteiger partial charge in [0.05, 0.1) is 55.3 Å². The van der Waals surface area contributed by atoms with E-state index in [1.807, 2.05) is 27.7 Å². The number of hydrogen-bond donors (Lipinski definition) is 4. The van der Waals surface area contributed by atoms with Crippen molar-refractivity contribution < 1.29 is 38.3 Å². The summed E-state index contributed by atoms with van der Waals surface area (Å²) in [7, 11) is 3.16. The van der Waals surface area contributed by atoms with Crippen molar-refractivity contribution in [2.45, 2.75) is 154 Å². The molecule has 0 heterocycles. The van der Waals surface area contributed by atoms with Gasteiger partial charge >= 0.3 is 12.0 Å². The van der Waals surface area contributed by atoms with E-state index < -0.39 is 23.3 Å². The Labute approximate surface area is 322 Å². The molecule has 310 valence electrons. The van der Waals surface area contributed by atoms with Gasteiger partial charge < -0.3 is 29.4 Å². The van der Waals surface area contributed by atoms with Crippen LogP contribution >= 0.6 is 0 Å². The van der Waals surface area contributed by atoms with Gasteiger partial charge in [-0.25, -0.2) is 16.5 Å². The molecular formula is C38H70N8O8. The van der Waals surface area contributed by atoms with Gasteiger partial charge in [0.2, 0.25) is 11.8 Å². The normalized spacial score (nSPS) is 26.2. The molecule has 16 heteroatoms. The first kappa shape index (κ1) is 45.5. The van der Waals surface area contributed by atoms with Crippen LogP contribution < -0.4 is 22.9 Å². The second-order valence-electron chi connectivity index (χ2n) is 16.7. The first-order chi connectivity index (χ1) is 25.5. The van der Waals surface area contributed by atoms with Crippen LogP contribution in [0.25, 0.3) is 0 Å². The van der Waals surface area contributed by atoms with Gasteiger partial charge in [-0.15, -0.1) is 0 Å². The Hall–Kier alpha value is -2.89. The first-order valence-electron chi connectivity index (χ1n) is 20.0. The molecule has 3 saturated carbocycles. The minimum atomic E-state index is -0.972. The summed E-state index contributed by atoms with van der Waals surface area (Å²) in [6.07, 6.45) is 8.59. The lowest BCUT2D eigenvalue weighted by atomic mass is 9.83. The zero-order chi connectivity index (χ0) is 40.2. The standard InChI is InChI=1S/C38H70N8O8/c1-25(2)18-20-43(34(48)24-44(21-19-35(49)54-41)36(50)30-22-29(52-6)16-17-32(30)53-7)23-33(47)38(4,5)42-27-12-14-28(15-13-27)45(39)37(51)46(40)31-11-9-8-10-26(31)3/h25-32,42H,8-24,39-41H2,1-7H3. The van der Waals surface area contributed by atoms with Gasteiger partial charge in [-0.1, -0.05) is 33.6 Å². The van der Waals surface area contributed by atoms with Crippen molar-refractivity contribution in [2.75, 3.05) is 40.4 Å². The van der Waals surface area contributed by atoms with E-state index in [1.54, 1.807) is 14.2 Å². The summed E-state index contributed by atoms with van der Waals surface area (Å²) < 4.78 is 11.2. The molecule has 5 atom stereocenters. The highest BCUT2D eigenvalue weighted by Gasteiger charge is 2.40. The lowest BCUT2D eigenvalue weighted by molar-refractivity contribution is -0.152. The molecule has 16 nitrogen and oxygen atoms in total. The van der Waals surface area contributed by atoms with E-state index in [1.165, 1.54) is 19.8 Å². The number of carbonyl (C=O) groups is 5. The molecule has 4 amide bonds. The third-order valence-corrected chi connectivity index (χ3v) is 11.9. The molecule has 3 aliphatic carbocycles. The molecular weight excluding hydrogens is 696 g/mol. The molecule has 54 heavy (non-hydrogen) atoms. The van der Waals surface area contributed by atoms with E-state index in [4.69, 9.17) is 27.1 Å². The number of methoxy groups -OCH3 is 2. The van der Waals surface area contributed by atoms with Crippen molar-refractivity contribution in [3.63, 3.8) is 0 Å². The van der Waals surface area contributed by atoms with Crippen molar-refractivity contribution in [2.24, 2.45) is 35.3 Å². The zero-order valence-corrected chi connectivity index (χ0v) is 33.9. The maximum atomic E-state index is 14.0. The van der Waals surface area contributed by atoms with Gasteiger partial charge in [-0.2, -0.15) is 5.90 Å². The van der Waals surface area contributed by atoms with Crippen LogP contribution in [0.5, 0.6) is 0 Å². The molecule has 0 aromatic carbocycles. The number of ketones is 1. The number of urea groups is 1. The van der Waals surface area contributed by atoms with Crippen LogP contribution in [-0.4, -0.2) is 126 Å². The average Bonchev–Trinajstić information content (AvgIpc) is 3.16. The Morgan fingerprint density at radius 2 is 1.50 bits per heavy atom. The molecule has 0 aromatic rings. The van der Waals surface area contributed by atoms with E-state index in [9.17, 15) is 24.0 Å². The van der Waals surface area contributed by atoms with Crippen LogP contribution in [0.2, 0.25) is 0 Å². The number of amides is 4. The summed E-state index contributed by atoms with van der Waals surface area (Å²) >= 11 is 0. The number of rotatable bonds is 18. The Balaban J connectivity index is 1.65. The Kier molecular flexibility index (Phi) is 18.0. The predicted molar refractivity (Wildman–Crippen MR) is 204 cm³/mol. The Morgan fingerprint density at radius 1 is 0.833 bits per heavy atom. The number of nitrogens with zero attached hydrogens (tertiary/aromatic N) is 4. The maximum Gasteiger partial charge on any atom is 0.348 e. The molecule has 3 rings (SSSR count).